The molecule has 308 valence electrons. The molecule has 2 fully saturated rings. The van der Waals surface area contributed by atoms with Crippen LogP contribution in [0.5, 0.6) is 0 Å². The maximum atomic E-state index is 15.9. The van der Waals surface area contributed by atoms with Crippen molar-refractivity contribution in [2.45, 2.75) is 63.7 Å². The van der Waals surface area contributed by atoms with E-state index in [4.69, 9.17) is 0 Å². The predicted octanol–water partition coefficient (Wildman–Crippen LogP) is 8.69. The number of aromatic amines is 2. The average Bonchev–Trinajstić information content (AvgIpc) is 4.12. The fraction of sp³-hybridized carbons (Fsp3) is 0.298. The fourth-order valence-electron chi connectivity index (χ4n) is 8.79. The number of aromatic nitrogens is 4. The lowest BCUT2D eigenvalue weighted by Crippen LogP contribution is -2.43. The van der Waals surface area contributed by atoms with Crippen LogP contribution in [0.4, 0.5) is 9.18 Å². The number of carboxylic acid groups (broad SMARTS) is 1. The molecule has 3 amide bonds. The van der Waals surface area contributed by atoms with Gasteiger partial charge in [-0.3, -0.25) is 14.5 Å². The van der Waals surface area contributed by atoms with Crippen molar-refractivity contribution in [1.82, 2.24) is 40.0 Å². The summed E-state index contributed by atoms with van der Waals surface area (Å²) in [5.41, 5.74) is 5.68. The second kappa shape index (κ2) is 17.7. The van der Waals surface area contributed by atoms with E-state index >= 15 is 4.39 Å². The highest BCUT2D eigenvalue weighted by molar-refractivity contribution is 5.87. The van der Waals surface area contributed by atoms with Crippen LogP contribution in [-0.4, -0.2) is 83.8 Å². The van der Waals surface area contributed by atoms with Crippen molar-refractivity contribution in [3.63, 3.8) is 0 Å². The summed E-state index contributed by atoms with van der Waals surface area (Å²) in [4.78, 5) is 61.5. The van der Waals surface area contributed by atoms with Crippen LogP contribution in [0.25, 0.3) is 33.6 Å². The minimum Gasteiger partial charge on any atom is -0.465 e. The number of likely N-dealkylation sites (N-methyl/N-ethyl adjacent to an activating group) is 1. The average molecular weight is 809 g/mol. The molecule has 0 bridgehead atoms. The lowest BCUT2D eigenvalue weighted by molar-refractivity contribution is -0.138. The predicted molar refractivity (Wildman–Crippen MR) is 227 cm³/mol. The van der Waals surface area contributed by atoms with Crippen molar-refractivity contribution in [2.75, 3.05) is 26.2 Å². The zero-order chi connectivity index (χ0) is 41.8. The van der Waals surface area contributed by atoms with Gasteiger partial charge in [0.25, 0.3) is 5.91 Å². The summed E-state index contributed by atoms with van der Waals surface area (Å²) in [5.74, 6) is 0.623. The molecular formula is C47H49FN8O4. The topological polar surface area (TPSA) is 151 Å². The molecule has 0 saturated carbocycles. The highest BCUT2D eigenvalue weighted by Crippen LogP contribution is 2.37. The van der Waals surface area contributed by atoms with E-state index in [2.05, 4.69) is 44.0 Å². The first-order valence-electron chi connectivity index (χ1n) is 20.7. The second-order valence-corrected chi connectivity index (χ2v) is 15.3. The van der Waals surface area contributed by atoms with Crippen LogP contribution in [0.15, 0.2) is 116 Å². The number of nitrogens with zero attached hydrogens (tertiary/aromatic N) is 5. The van der Waals surface area contributed by atoms with Gasteiger partial charge in [0.2, 0.25) is 5.91 Å². The number of carbonyl (C=O) groups is 3. The van der Waals surface area contributed by atoms with Crippen molar-refractivity contribution in [3.8, 4) is 33.6 Å². The van der Waals surface area contributed by atoms with Crippen LogP contribution in [0.2, 0.25) is 0 Å². The van der Waals surface area contributed by atoms with E-state index in [-0.39, 0.29) is 23.9 Å². The highest BCUT2D eigenvalue weighted by Gasteiger charge is 2.39. The number of imidazole rings is 2. The number of hydrogen-bond acceptors (Lipinski definition) is 6. The van der Waals surface area contributed by atoms with Crippen LogP contribution in [0.1, 0.15) is 86.5 Å². The quantitative estimate of drug-likeness (QED) is 0.0912. The molecule has 12 nitrogen and oxygen atoms in total. The Morgan fingerprint density at radius 1 is 0.733 bits per heavy atom. The van der Waals surface area contributed by atoms with Gasteiger partial charge in [0.05, 0.1) is 35.9 Å². The van der Waals surface area contributed by atoms with Crippen molar-refractivity contribution in [2.24, 2.45) is 0 Å². The molecule has 4 atom stereocenters. The molecule has 4 N–H and O–H groups in total. The molecule has 13 heteroatoms. The molecule has 8 rings (SSSR count). The molecule has 2 aliphatic rings. The molecule has 6 aromatic rings. The van der Waals surface area contributed by atoms with E-state index in [0.717, 1.165) is 54.7 Å². The van der Waals surface area contributed by atoms with Crippen molar-refractivity contribution >= 4 is 17.9 Å². The van der Waals surface area contributed by atoms with Gasteiger partial charge < -0.3 is 30.2 Å². The summed E-state index contributed by atoms with van der Waals surface area (Å²) < 4.78 is 15.9. The number of carbonyl (C=O) groups excluding carboxylic acids is 2. The SMILES string of the molecule is CCN(CC)[C@@H](C(=O)N1CCC[C@H]1c1ncc(-c2ccc(-c3ccc(-c4cnc([C@@H]5CCCN5C(=O)[C@H](NC(=O)O)c5ccccc5)[nH]4)cc3)cc2F)[nH]1)c1ccccc1. The molecule has 2 aromatic heterocycles. The van der Waals surface area contributed by atoms with Crippen molar-refractivity contribution in [1.29, 1.82) is 0 Å². The Morgan fingerprint density at radius 2 is 1.27 bits per heavy atom. The smallest absolute Gasteiger partial charge is 0.405 e. The van der Waals surface area contributed by atoms with Crippen LogP contribution in [0.3, 0.4) is 0 Å². The normalized spacial score (nSPS) is 17.5. The summed E-state index contributed by atoms with van der Waals surface area (Å²) >= 11 is 0. The minimum absolute atomic E-state index is 0.0526. The number of benzene rings is 4. The van der Waals surface area contributed by atoms with Gasteiger partial charge in [-0.15, -0.1) is 0 Å². The standard InChI is InChI=1S/C47H49FN8O4/c1-3-54(4-2)42(33-15-9-6-10-16-33)46(58)56-26-12-18-40(56)44-50-29-38(52-44)35-24-23-34(27-36(35)48)30-19-21-31(22-20-30)37-28-49-43(51-37)39-17-11-25-55(39)45(57)41(53-47(59)60)32-13-7-5-8-14-32/h5-10,13-16,19-24,27-29,39-42,53H,3-4,11-12,17-18,25-26H2,1-2H3,(H,49,51)(H,50,52)(H,59,60)/t39-,40-,41+,42+/m0/s1. The van der Waals surface area contributed by atoms with Gasteiger partial charge in [0, 0.05) is 18.7 Å². The molecule has 2 aliphatic heterocycles. The molecule has 4 heterocycles. The van der Waals surface area contributed by atoms with Gasteiger partial charge in [-0.2, -0.15) is 0 Å². The Hall–Kier alpha value is -6.60. The third-order valence-electron chi connectivity index (χ3n) is 11.9. The summed E-state index contributed by atoms with van der Waals surface area (Å²) in [6.45, 7) is 6.76. The van der Waals surface area contributed by atoms with Gasteiger partial charge in [0.1, 0.15) is 29.5 Å². The minimum atomic E-state index is -1.27. The van der Waals surface area contributed by atoms with Crippen LogP contribution in [-0.2, 0) is 9.59 Å². The maximum absolute atomic E-state index is 15.9. The summed E-state index contributed by atoms with van der Waals surface area (Å²) in [5, 5.41) is 11.9. The number of nitrogens with one attached hydrogen (secondary N) is 3. The van der Waals surface area contributed by atoms with Crippen LogP contribution < -0.4 is 5.32 Å². The third-order valence-corrected chi connectivity index (χ3v) is 11.9. The summed E-state index contributed by atoms with van der Waals surface area (Å²) in [7, 11) is 0. The number of rotatable bonds is 13. The Bertz CT molecular complexity index is 2430. The molecule has 60 heavy (non-hydrogen) atoms. The number of hydrogen-bond donors (Lipinski definition) is 4. The first-order valence-corrected chi connectivity index (χ1v) is 20.7. The summed E-state index contributed by atoms with van der Waals surface area (Å²) in [6, 6.07) is 29.7. The highest BCUT2D eigenvalue weighted by atomic mass is 19.1. The van der Waals surface area contributed by atoms with E-state index in [9.17, 15) is 19.5 Å². The Balaban J connectivity index is 0.951. The lowest BCUT2D eigenvalue weighted by Gasteiger charge is -2.34. The van der Waals surface area contributed by atoms with E-state index in [1.54, 1.807) is 47.6 Å². The molecule has 0 aliphatic carbocycles. The van der Waals surface area contributed by atoms with Gasteiger partial charge in [-0.1, -0.05) is 105 Å². The number of halogens is 1. The van der Waals surface area contributed by atoms with Crippen molar-refractivity contribution in [3.05, 3.63) is 144 Å². The van der Waals surface area contributed by atoms with Gasteiger partial charge in [0.15, 0.2) is 0 Å². The zero-order valence-electron chi connectivity index (χ0n) is 33.7. The number of amides is 3. The molecule has 0 unspecified atom stereocenters. The Morgan fingerprint density at radius 3 is 1.85 bits per heavy atom. The molecule has 4 aromatic carbocycles. The van der Waals surface area contributed by atoms with E-state index in [0.29, 0.717) is 53.5 Å². The largest absolute Gasteiger partial charge is 0.465 e. The first kappa shape index (κ1) is 40.2. The first-order chi connectivity index (χ1) is 29.2. The molecule has 2 saturated heterocycles. The number of H-pyrrole nitrogens is 2. The maximum Gasteiger partial charge on any atom is 0.405 e. The third kappa shape index (κ3) is 8.17. The monoisotopic (exact) mass is 808 g/mol. The lowest BCUT2D eigenvalue weighted by atomic mass is 10.0. The molecule has 0 spiro atoms. The van der Waals surface area contributed by atoms with E-state index < -0.39 is 24.0 Å². The second-order valence-electron chi connectivity index (χ2n) is 15.3. The molecular weight excluding hydrogens is 760 g/mol. The summed E-state index contributed by atoms with van der Waals surface area (Å²) in [6.07, 6.45) is 5.20. The van der Waals surface area contributed by atoms with Crippen molar-refractivity contribution < 1.29 is 23.9 Å². The fourth-order valence-corrected chi connectivity index (χ4v) is 8.79. The zero-order valence-corrected chi connectivity index (χ0v) is 33.7. The number of likely N-dealkylation sites (tertiary alicyclic amines) is 2. The molecule has 0 radical (unpaired) electrons. The van der Waals surface area contributed by atoms with Gasteiger partial charge in [-0.25, -0.2) is 19.2 Å². The Labute approximate surface area is 348 Å². The van der Waals surface area contributed by atoms with Gasteiger partial charge in [-0.05, 0) is 78.7 Å². The van der Waals surface area contributed by atoms with Crippen LogP contribution >= 0.6 is 0 Å². The van der Waals surface area contributed by atoms with E-state index in [1.807, 2.05) is 71.6 Å². The Kier molecular flexibility index (Phi) is 11.9. The van der Waals surface area contributed by atoms with Crippen LogP contribution in [0, 0.1) is 5.82 Å². The van der Waals surface area contributed by atoms with Gasteiger partial charge >= 0.3 is 6.09 Å². The van der Waals surface area contributed by atoms with E-state index in [1.165, 1.54) is 6.07 Å².